The Hall–Kier alpha value is -1.79. The molecule has 0 bridgehead atoms. The maximum Gasteiger partial charge on any atom is 0.410 e. The molecule has 3 atom stereocenters. The molecule has 1 aliphatic carbocycles. The second kappa shape index (κ2) is 10.0. The lowest BCUT2D eigenvalue weighted by Gasteiger charge is -2.38. The number of benzene rings is 1. The van der Waals surface area contributed by atoms with E-state index in [0.29, 0.717) is 25.0 Å². The molecular formula is C24H39N3O3. The van der Waals surface area contributed by atoms with E-state index < -0.39 is 5.60 Å². The van der Waals surface area contributed by atoms with E-state index in [1.54, 1.807) is 7.11 Å². The van der Waals surface area contributed by atoms with Gasteiger partial charge in [-0.2, -0.15) is 0 Å². The summed E-state index contributed by atoms with van der Waals surface area (Å²) in [6.45, 7) is 12.2. The van der Waals surface area contributed by atoms with Crippen molar-refractivity contribution in [3.05, 3.63) is 29.8 Å². The maximum absolute atomic E-state index is 12.4. The van der Waals surface area contributed by atoms with Crippen LogP contribution >= 0.6 is 0 Å². The molecule has 0 aromatic heterocycles. The number of nitrogens with one attached hydrogen (secondary N) is 1. The van der Waals surface area contributed by atoms with Crippen LogP contribution in [0.5, 0.6) is 5.75 Å². The highest BCUT2D eigenvalue weighted by Crippen LogP contribution is 2.29. The van der Waals surface area contributed by atoms with Gasteiger partial charge in [-0.3, -0.25) is 4.90 Å². The fourth-order valence-electron chi connectivity index (χ4n) is 4.46. The Labute approximate surface area is 181 Å². The summed E-state index contributed by atoms with van der Waals surface area (Å²) in [5, 5.41) is 3.94. The normalized spacial score (nSPS) is 24.0. The highest BCUT2D eigenvalue weighted by molar-refractivity contribution is 5.68. The first-order valence-corrected chi connectivity index (χ1v) is 11.4. The predicted octanol–water partition coefficient (Wildman–Crippen LogP) is 4.07. The summed E-state index contributed by atoms with van der Waals surface area (Å²) in [4.78, 5) is 16.6. The molecule has 2 fully saturated rings. The number of hydrogen-bond acceptors (Lipinski definition) is 5. The lowest BCUT2D eigenvalue weighted by atomic mass is 10.0. The third-order valence-electron chi connectivity index (χ3n) is 6.24. The van der Waals surface area contributed by atoms with E-state index >= 15 is 0 Å². The molecule has 1 saturated heterocycles. The maximum atomic E-state index is 12.4. The van der Waals surface area contributed by atoms with Crippen LogP contribution in [-0.2, 0) is 4.74 Å². The number of carbonyl (C=O) groups is 1. The van der Waals surface area contributed by atoms with Crippen molar-refractivity contribution in [2.45, 2.75) is 64.6 Å². The average Bonchev–Trinajstić information content (AvgIpc) is 3.11. The highest BCUT2D eigenvalue weighted by Gasteiger charge is 2.30. The van der Waals surface area contributed by atoms with E-state index in [0.717, 1.165) is 25.4 Å². The predicted molar refractivity (Wildman–Crippen MR) is 120 cm³/mol. The number of amides is 1. The molecule has 0 spiro atoms. The Kier molecular flexibility index (Phi) is 7.64. The van der Waals surface area contributed by atoms with Crippen molar-refractivity contribution in [3.63, 3.8) is 0 Å². The second-order valence-corrected chi connectivity index (χ2v) is 9.78. The van der Waals surface area contributed by atoms with Gasteiger partial charge in [0, 0.05) is 44.8 Å². The first kappa shape index (κ1) is 22.9. The van der Waals surface area contributed by atoms with Crippen LogP contribution in [0, 0.1) is 5.92 Å². The highest BCUT2D eigenvalue weighted by atomic mass is 16.6. The smallest absolute Gasteiger partial charge is 0.410 e. The number of methoxy groups -OCH3 is 1. The average molecular weight is 418 g/mol. The number of piperazine rings is 1. The Morgan fingerprint density at radius 1 is 1.20 bits per heavy atom. The van der Waals surface area contributed by atoms with Crippen molar-refractivity contribution in [2.75, 3.05) is 39.8 Å². The van der Waals surface area contributed by atoms with Gasteiger partial charge in [0.2, 0.25) is 0 Å². The topological polar surface area (TPSA) is 54.0 Å². The zero-order valence-electron chi connectivity index (χ0n) is 19.3. The summed E-state index contributed by atoms with van der Waals surface area (Å²) in [5.74, 6) is 1.61. The van der Waals surface area contributed by atoms with Crippen molar-refractivity contribution in [1.29, 1.82) is 0 Å². The van der Waals surface area contributed by atoms with Crippen LogP contribution in [0.3, 0.4) is 0 Å². The zero-order valence-corrected chi connectivity index (χ0v) is 19.3. The van der Waals surface area contributed by atoms with Crippen molar-refractivity contribution in [3.8, 4) is 5.75 Å². The number of nitrogens with zero attached hydrogens (tertiary/aromatic N) is 2. The largest absolute Gasteiger partial charge is 0.497 e. The summed E-state index contributed by atoms with van der Waals surface area (Å²) >= 11 is 0. The van der Waals surface area contributed by atoms with Crippen LogP contribution in [-0.4, -0.2) is 67.4 Å². The Balaban J connectivity index is 1.63. The molecule has 168 valence electrons. The van der Waals surface area contributed by atoms with Crippen LogP contribution < -0.4 is 10.1 Å². The van der Waals surface area contributed by atoms with E-state index in [1.165, 1.54) is 24.8 Å². The molecule has 0 radical (unpaired) electrons. The molecule has 1 amide bonds. The lowest BCUT2D eigenvalue weighted by Crippen LogP contribution is -2.52. The van der Waals surface area contributed by atoms with Crippen molar-refractivity contribution < 1.29 is 14.3 Å². The van der Waals surface area contributed by atoms with Crippen LogP contribution in [0.15, 0.2) is 24.3 Å². The Bertz CT molecular complexity index is 695. The minimum Gasteiger partial charge on any atom is -0.497 e. The third-order valence-corrected chi connectivity index (χ3v) is 6.24. The molecule has 30 heavy (non-hydrogen) atoms. The molecule has 1 aromatic carbocycles. The Morgan fingerprint density at radius 2 is 1.93 bits per heavy atom. The fraction of sp³-hybridized carbons (Fsp3) is 0.708. The van der Waals surface area contributed by atoms with E-state index in [2.05, 4.69) is 35.3 Å². The first-order chi connectivity index (χ1) is 14.2. The van der Waals surface area contributed by atoms with E-state index in [9.17, 15) is 4.79 Å². The van der Waals surface area contributed by atoms with Crippen molar-refractivity contribution >= 4 is 6.09 Å². The minimum absolute atomic E-state index is 0.204. The Morgan fingerprint density at radius 3 is 2.53 bits per heavy atom. The molecule has 6 nitrogen and oxygen atoms in total. The standard InChI is InChI=1S/C24H39N3O3/c1-18-8-6-11-21(18)25-22(19-9-7-10-20(16-19)29-5)17-26-12-14-27(15-13-26)23(28)30-24(2,3)4/h7,9-10,16,18,21-22,25H,6,8,11-15,17H2,1-5H3/t18-,21+,22?/m0/s1. The van der Waals surface area contributed by atoms with Gasteiger partial charge in [0.15, 0.2) is 0 Å². The van der Waals surface area contributed by atoms with Gasteiger partial charge in [0.25, 0.3) is 0 Å². The summed E-state index contributed by atoms with van der Waals surface area (Å²) in [6, 6.07) is 9.22. The van der Waals surface area contributed by atoms with Crippen LogP contribution in [0.1, 0.15) is 58.6 Å². The van der Waals surface area contributed by atoms with E-state index in [-0.39, 0.29) is 12.1 Å². The van der Waals surface area contributed by atoms with Gasteiger partial charge >= 0.3 is 6.09 Å². The van der Waals surface area contributed by atoms with Crippen molar-refractivity contribution in [2.24, 2.45) is 5.92 Å². The molecule has 2 aliphatic rings. The van der Waals surface area contributed by atoms with E-state index in [4.69, 9.17) is 9.47 Å². The fourth-order valence-corrected chi connectivity index (χ4v) is 4.46. The quantitative estimate of drug-likeness (QED) is 0.756. The lowest BCUT2D eigenvalue weighted by molar-refractivity contribution is 0.0137. The zero-order chi connectivity index (χ0) is 21.7. The summed E-state index contributed by atoms with van der Waals surface area (Å²) in [5.41, 5.74) is 0.816. The summed E-state index contributed by atoms with van der Waals surface area (Å²) in [7, 11) is 1.72. The van der Waals surface area contributed by atoms with Gasteiger partial charge < -0.3 is 19.7 Å². The second-order valence-electron chi connectivity index (χ2n) is 9.78. The number of rotatable bonds is 6. The first-order valence-electron chi connectivity index (χ1n) is 11.4. The summed E-state index contributed by atoms with van der Waals surface area (Å²) < 4.78 is 11.0. The molecular weight excluding hydrogens is 378 g/mol. The number of hydrogen-bond donors (Lipinski definition) is 1. The molecule has 1 aromatic rings. The van der Waals surface area contributed by atoms with Crippen molar-refractivity contribution in [1.82, 2.24) is 15.1 Å². The molecule has 1 heterocycles. The molecule has 1 aliphatic heterocycles. The molecule has 1 N–H and O–H groups in total. The third kappa shape index (κ3) is 6.35. The van der Waals surface area contributed by atoms with Gasteiger partial charge in [-0.05, 0) is 57.2 Å². The van der Waals surface area contributed by atoms with Gasteiger partial charge in [-0.25, -0.2) is 4.79 Å². The van der Waals surface area contributed by atoms with Crippen LogP contribution in [0.2, 0.25) is 0 Å². The molecule has 1 saturated carbocycles. The SMILES string of the molecule is COc1cccc(C(CN2CCN(C(=O)OC(C)(C)C)CC2)N[C@@H]2CCC[C@@H]2C)c1. The van der Waals surface area contributed by atoms with Crippen LogP contribution in [0.4, 0.5) is 4.79 Å². The van der Waals surface area contributed by atoms with Crippen LogP contribution in [0.25, 0.3) is 0 Å². The van der Waals surface area contributed by atoms with Gasteiger partial charge in [-0.15, -0.1) is 0 Å². The number of ether oxygens (including phenoxy) is 2. The van der Waals surface area contributed by atoms with Gasteiger partial charge in [0.1, 0.15) is 11.4 Å². The summed E-state index contributed by atoms with van der Waals surface area (Å²) in [6.07, 6.45) is 3.65. The molecule has 6 heteroatoms. The van der Waals surface area contributed by atoms with E-state index in [1.807, 2.05) is 31.7 Å². The molecule has 1 unspecified atom stereocenters. The van der Waals surface area contributed by atoms with Gasteiger partial charge in [0.05, 0.1) is 7.11 Å². The monoisotopic (exact) mass is 417 g/mol. The minimum atomic E-state index is -0.451. The molecule has 3 rings (SSSR count). The number of carbonyl (C=O) groups excluding carboxylic acids is 1. The van der Waals surface area contributed by atoms with Gasteiger partial charge in [-0.1, -0.05) is 25.5 Å².